The van der Waals surface area contributed by atoms with Crippen LogP contribution in [0.25, 0.3) is 43.1 Å². The van der Waals surface area contributed by atoms with Crippen molar-refractivity contribution in [2.45, 2.75) is 0 Å². The van der Waals surface area contributed by atoms with Gasteiger partial charge in [-0.05, 0) is 55.9 Å². The van der Waals surface area contributed by atoms with Gasteiger partial charge in [0, 0.05) is 17.8 Å². The standard InChI is InChI=1S/C21H13N/c1-2-4-16-12-20-17(11-15(16)3-1)6-8-19-18(20)7-5-14-9-10-22-13-21(14)19/h1-13H. The molecule has 5 rings (SSSR count). The Morgan fingerprint density at radius 2 is 1.23 bits per heavy atom. The van der Waals surface area contributed by atoms with Gasteiger partial charge in [0.25, 0.3) is 0 Å². The Bertz CT molecular complexity index is 1170. The summed E-state index contributed by atoms with van der Waals surface area (Å²) >= 11 is 0. The molecule has 0 aliphatic carbocycles. The summed E-state index contributed by atoms with van der Waals surface area (Å²) in [7, 11) is 0. The fourth-order valence-electron chi connectivity index (χ4n) is 3.40. The molecule has 1 nitrogen and oxygen atoms in total. The van der Waals surface area contributed by atoms with Crippen molar-refractivity contribution in [2.24, 2.45) is 0 Å². The lowest BCUT2D eigenvalue weighted by Crippen LogP contribution is -1.82. The molecule has 0 spiro atoms. The van der Waals surface area contributed by atoms with E-state index in [1.807, 2.05) is 12.4 Å². The van der Waals surface area contributed by atoms with E-state index < -0.39 is 0 Å². The van der Waals surface area contributed by atoms with Crippen LogP contribution < -0.4 is 0 Å². The maximum atomic E-state index is 4.29. The molecule has 0 N–H and O–H groups in total. The second-order valence-electron chi connectivity index (χ2n) is 5.74. The van der Waals surface area contributed by atoms with Crippen molar-refractivity contribution in [3.05, 3.63) is 79.1 Å². The minimum atomic E-state index is 1.22. The van der Waals surface area contributed by atoms with Crippen LogP contribution in [0.1, 0.15) is 0 Å². The van der Waals surface area contributed by atoms with Crippen LogP contribution in [0.4, 0.5) is 0 Å². The number of hydrogen-bond acceptors (Lipinski definition) is 1. The Kier molecular flexibility index (Phi) is 2.28. The third-order valence-corrected chi connectivity index (χ3v) is 4.50. The lowest BCUT2D eigenvalue weighted by molar-refractivity contribution is 1.37. The molecule has 1 aromatic heterocycles. The van der Waals surface area contributed by atoms with Gasteiger partial charge in [-0.3, -0.25) is 4.98 Å². The van der Waals surface area contributed by atoms with E-state index in [9.17, 15) is 0 Å². The molecule has 1 heteroatoms. The number of rotatable bonds is 0. The Hall–Kier alpha value is -2.93. The second-order valence-corrected chi connectivity index (χ2v) is 5.74. The zero-order valence-electron chi connectivity index (χ0n) is 12.0. The minimum Gasteiger partial charge on any atom is -0.264 e. The highest BCUT2D eigenvalue weighted by Gasteiger charge is 2.05. The summed E-state index contributed by atoms with van der Waals surface area (Å²) in [6.45, 7) is 0. The maximum Gasteiger partial charge on any atom is 0.0352 e. The monoisotopic (exact) mass is 279 g/mol. The van der Waals surface area contributed by atoms with Crippen molar-refractivity contribution in [3.8, 4) is 0 Å². The summed E-state index contributed by atoms with van der Waals surface area (Å²) in [5.74, 6) is 0. The Morgan fingerprint density at radius 3 is 2.09 bits per heavy atom. The SMILES string of the molecule is c1ccc2cc3c(ccc4c5cnccc5ccc34)cc2c1. The number of fused-ring (bicyclic) bond motifs is 6. The zero-order chi connectivity index (χ0) is 14.5. The molecule has 0 fully saturated rings. The first kappa shape index (κ1) is 11.7. The first-order valence-electron chi connectivity index (χ1n) is 7.48. The fraction of sp³-hybridized carbons (Fsp3) is 0. The molecule has 0 radical (unpaired) electrons. The van der Waals surface area contributed by atoms with Crippen LogP contribution in [0.3, 0.4) is 0 Å². The molecular formula is C21H13N. The minimum absolute atomic E-state index is 1.22. The number of benzene rings is 4. The van der Waals surface area contributed by atoms with Gasteiger partial charge in [0.05, 0.1) is 0 Å². The van der Waals surface area contributed by atoms with Crippen LogP contribution >= 0.6 is 0 Å². The number of nitrogens with zero attached hydrogens (tertiary/aromatic N) is 1. The molecule has 0 aliphatic rings. The van der Waals surface area contributed by atoms with Crippen LogP contribution in [-0.2, 0) is 0 Å². The lowest BCUT2D eigenvalue weighted by atomic mass is 9.96. The van der Waals surface area contributed by atoms with E-state index in [0.29, 0.717) is 0 Å². The molecule has 4 aromatic carbocycles. The largest absolute Gasteiger partial charge is 0.264 e. The smallest absolute Gasteiger partial charge is 0.0352 e. The molecular weight excluding hydrogens is 266 g/mol. The summed E-state index contributed by atoms with van der Waals surface area (Å²) in [5.41, 5.74) is 0. The summed E-state index contributed by atoms with van der Waals surface area (Å²) in [5, 5.41) is 10.2. The number of aromatic nitrogens is 1. The Morgan fingerprint density at radius 1 is 0.500 bits per heavy atom. The first-order chi connectivity index (χ1) is 10.9. The first-order valence-corrected chi connectivity index (χ1v) is 7.48. The van der Waals surface area contributed by atoms with E-state index >= 15 is 0 Å². The van der Waals surface area contributed by atoms with Crippen LogP contribution in [0.15, 0.2) is 79.1 Å². The molecule has 0 bridgehead atoms. The van der Waals surface area contributed by atoms with Crippen LogP contribution in [0.2, 0.25) is 0 Å². The summed E-state index contributed by atoms with van der Waals surface area (Å²) in [6, 6.07) is 24.0. The maximum absolute atomic E-state index is 4.29. The van der Waals surface area contributed by atoms with E-state index in [1.165, 1.54) is 43.1 Å². The highest BCUT2D eigenvalue weighted by atomic mass is 14.6. The van der Waals surface area contributed by atoms with E-state index in [0.717, 1.165) is 0 Å². The average molecular weight is 279 g/mol. The molecule has 0 saturated heterocycles. The summed E-state index contributed by atoms with van der Waals surface area (Å²) in [4.78, 5) is 4.29. The third kappa shape index (κ3) is 1.57. The molecule has 1 heterocycles. The van der Waals surface area contributed by atoms with Crippen molar-refractivity contribution in [1.29, 1.82) is 0 Å². The molecule has 0 aliphatic heterocycles. The van der Waals surface area contributed by atoms with Crippen LogP contribution in [0, 0.1) is 0 Å². The second kappa shape index (κ2) is 4.28. The van der Waals surface area contributed by atoms with Crippen molar-refractivity contribution in [3.63, 3.8) is 0 Å². The lowest BCUT2D eigenvalue weighted by Gasteiger charge is -2.08. The predicted molar refractivity (Wildman–Crippen MR) is 94.3 cm³/mol. The van der Waals surface area contributed by atoms with Gasteiger partial charge in [0.1, 0.15) is 0 Å². The topological polar surface area (TPSA) is 12.9 Å². The number of pyridine rings is 1. The molecule has 5 aromatic rings. The normalized spacial score (nSPS) is 11.6. The Labute approximate surface area is 127 Å². The van der Waals surface area contributed by atoms with Gasteiger partial charge >= 0.3 is 0 Å². The van der Waals surface area contributed by atoms with Gasteiger partial charge in [-0.1, -0.05) is 48.5 Å². The molecule has 0 unspecified atom stereocenters. The zero-order valence-corrected chi connectivity index (χ0v) is 12.0. The van der Waals surface area contributed by atoms with Gasteiger partial charge in [-0.25, -0.2) is 0 Å². The van der Waals surface area contributed by atoms with Crippen molar-refractivity contribution in [1.82, 2.24) is 4.98 Å². The average Bonchev–Trinajstić information content (AvgIpc) is 2.59. The van der Waals surface area contributed by atoms with Crippen LogP contribution in [-0.4, -0.2) is 4.98 Å². The van der Waals surface area contributed by atoms with E-state index in [4.69, 9.17) is 0 Å². The van der Waals surface area contributed by atoms with Crippen molar-refractivity contribution in [2.75, 3.05) is 0 Å². The fourth-order valence-corrected chi connectivity index (χ4v) is 3.40. The quantitative estimate of drug-likeness (QED) is 0.262. The van der Waals surface area contributed by atoms with Gasteiger partial charge in [-0.2, -0.15) is 0 Å². The molecule has 0 saturated carbocycles. The van der Waals surface area contributed by atoms with Crippen LogP contribution in [0.5, 0.6) is 0 Å². The Balaban J connectivity index is 2.02. The van der Waals surface area contributed by atoms with Crippen molar-refractivity contribution < 1.29 is 0 Å². The van der Waals surface area contributed by atoms with Gasteiger partial charge in [-0.15, -0.1) is 0 Å². The summed E-state index contributed by atoms with van der Waals surface area (Å²) < 4.78 is 0. The molecule has 0 atom stereocenters. The molecule has 22 heavy (non-hydrogen) atoms. The third-order valence-electron chi connectivity index (χ3n) is 4.50. The van der Waals surface area contributed by atoms with E-state index in [-0.39, 0.29) is 0 Å². The van der Waals surface area contributed by atoms with Gasteiger partial charge in [0.15, 0.2) is 0 Å². The highest BCUT2D eigenvalue weighted by molar-refractivity contribution is 6.18. The predicted octanol–water partition coefficient (Wildman–Crippen LogP) is 5.69. The number of hydrogen-bond donors (Lipinski definition) is 0. The van der Waals surface area contributed by atoms with Gasteiger partial charge < -0.3 is 0 Å². The van der Waals surface area contributed by atoms with Crippen molar-refractivity contribution >= 4 is 43.1 Å². The highest BCUT2D eigenvalue weighted by Crippen LogP contribution is 2.33. The molecule has 102 valence electrons. The van der Waals surface area contributed by atoms with E-state index in [2.05, 4.69) is 71.7 Å². The molecule has 0 amide bonds. The summed E-state index contributed by atoms with van der Waals surface area (Å²) in [6.07, 6.45) is 3.81. The van der Waals surface area contributed by atoms with E-state index in [1.54, 1.807) is 0 Å². The van der Waals surface area contributed by atoms with Gasteiger partial charge in [0.2, 0.25) is 0 Å².